The Kier molecular flexibility index (Phi) is 5.16. The number of hydrogen-bond acceptors (Lipinski definition) is 3. The predicted octanol–water partition coefficient (Wildman–Crippen LogP) is 2.10. The summed E-state index contributed by atoms with van der Waals surface area (Å²) in [6.07, 6.45) is 1.87. The lowest BCUT2D eigenvalue weighted by Crippen LogP contribution is -2.36. The topological polar surface area (TPSA) is 33.1 Å². The van der Waals surface area contributed by atoms with Crippen molar-refractivity contribution in [2.45, 2.75) is 39.4 Å². The van der Waals surface area contributed by atoms with Crippen LogP contribution in [0, 0.1) is 0 Å². The first-order chi connectivity index (χ1) is 7.79. The van der Waals surface area contributed by atoms with Gasteiger partial charge >= 0.3 is 0 Å². The zero-order valence-electron chi connectivity index (χ0n) is 11.4. The van der Waals surface area contributed by atoms with Crippen LogP contribution in [0.1, 0.15) is 26.5 Å². The van der Waals surface area contributed by atoms with Gasteiger partial charge in [-0.05, 0) is 50.8 Å². The van der Waals surface area contributed by atoms with Gasteiger partial charge in [-0.25, -0.2) is 0 Å². The van der Waals surface area contributed by atoms with Crippen LogP contribution in [0.4, 0.5) is 0 Å². The summed E-state index contributed by atoms with van der Waals surface area (Å²) in [5.41, 5.74) is 1.33. The molecule has 4 nitrogen and oxygen atoms in total. The molecule has 1 aromatic rings. The van der Waals surface area contributed by atoms with Crippen LogP contribution >= 0.6 is 15.9 Å². The number of likely N-dealkylation sites (N-methyl/N-ethyl adjacent to an activating group) is 1. The summed E-state index contributed by atoms with van der Waals surface area (Å²) in [4.78, 5) is 2.16. The molecule has 0 bridgehead atoms. The van der Waals surface area contributed by atoms with Crippen molar-refractivity contribution in [3.05, 3.63) is 16.4 Å². The van der Waals surface area contributed by atoms with Crippen LogP contribution in [-0.2, 0) is 13.1 Å². The summed E-state index contributed by atoms with van der Waals surface area (Å²) in [7, 11) is 4.15. The molecule has 1 heterocycles. The second-order valence-corrected chi connectivity index (χ2v) is 6.42. The minimum absolute atomic E-state index is 0.121. The van der Waals surface area contributed by atoms with E-state index in [9.17, 15) is 0 Å². The van der Waals surface area contributed by atoms with Crippen molar-refractivity contribution >= 4 is 15.9 Å². The molecule has 0 amide bonds. The molecule has 98 valence electrons. The first-order valence-electron chi connectivity index (χ1n) is 5.89. The van der Waals surface area contributed by atoms with E-state index >= 15 is 0 Å². The molecule has 0 aliphatic heterocycles. The normalized spacial score (nSPS) is 12.4. The zero-order chi connectivity index (χ0) is 13.1. The van der Waals surface area contributed by atoms with Crippen molar-refractivity contribution in [2.75, 3.05) is 20.6 Å². The molecule has 17 heavy (non-hydrogen) atoms. The van der Waals surface area contributed by atoms with Crippen molar-refractivity contribution in [2.24, 2.45) is 0 Å². The van der Waals surface area contributed by atoms with Gasteiger partial charge in [0.25, 0.3) is 0 Å². The van der Waals surface area contributed by atoms with E-state index in [1.165, 1.54) is 5.69 Å². The number of rotatable bonds is 5. The number of aromatic nitrogens is 2. The molecule has 0 fully saturated rings. The van der Waals surface area contributed by atoms with Crippen LogP contribution in [-0.4, -0.2) is 40.9 Å². The van der Waals surface area contributed by atoms with Gasteiger partial charge in [-0.15, -0.1) is 0 Å². The summed E-state index contributed by atoms with van der Waals surface area (Å²) >= 11 is 3.55. The Morgan fingerprint density at radius 2 is 2.06 bits per heavy atom. The smallest absolute Gasteiger partial charge is 0.0664 e. The van der Waals surface area contributed by atoms with Crippen molar-refractivity contribution in [1.82, 2.24) is 20.0 Å². The van der Waals surface area contributed by atoms with Crippen LogP contribution in [0.25, 0.3) is 0 Å². The third kappa shape index (κ3) is 5.19. The lowest BCUT2D eigenvalue weighted by molar-refractivity contribution is 0.361. The molecule has 0 radical (unpaired) electrons. The molecule has 0 spiro atoms. The quantitative estimate of drug-likeness (QED) is 0.904. The third-order valence-electron chi connectivity index (χ3n) is 2.44. The molecule has 0 aliphatic carbocycles. The average molecular weight is 303 g/mol. The Morgan fingerprint density at radius 1 is 1.41 bits per heavy atom. The molecule has 0 unspecified atom stereocenters. The van der Waals surface area contributed by atoms with E-state index in [1.54, 1.807) is 0 Å². The molecule has 0 aliphatic rings. The van der Waals surface area contributed by atoms with Crippen LogP contribution in [0.2, 0.25) is 0 Å². The third-order valence-corrected chi connectivity index (χ3v) is 3.11. The standard InChI is InChI=1S/C12H23BrN4/c1-12(2,3)14-9-11-10(13)8-15-17(11)7-6-16(4)5/h8,14H,6-7,9H2,1-5H3. The Balaban J connectivity index is 2.66. The van der Waals surface area contributed by atoms with E-state index in [2.05, 4.69) is 70.8 Å². The second-order valence-electron chi connectivity index (χ2n) is 5.57. The molecule has 0 atom stereocenters. The van der Waals surface area contributed by atoms with Gasteiger partial charge in [0, 0.05) is 18.6 Å². The molecule has 5 heteroatoms. The Bertz CT molecular complexity index is 352. The van der Waals surface area contributed by atoms with Crippen molar-refractivity contribution in [3.8, 4) is 0 Å². The SMILES string of the molecule is CN(C)CCn1ncc(Br)c1CNC(C)(C)C. The largest absolute Gasteiger partial charge is 0.308 e. The molecule has 0 saturated carbocycles. The molecule has 0 saturated heterocycles. The summed E-state index contributed by atoms with van der Waals surface area (Å²) < 4.78 is 3.14. The summed E-state index contributed by atoms with van der Waals surface area (Å²) in [6.45, 7) is 9.25. The van der Waals surface area contributed by atoms with Crippen LogP contribution < -0.4 is 5.32 Å². The van der Waals surface area contributed by atoms with Gasteiger partial charge in [-0.3, -0.25) is 4.68 Å². The predicted molar refractivity (Wildman–Crippen MR) is 75.1 cm³/mol. The van der Waals surface area contributed by atoms with E-state index in [-0.39, 0.29) is 5.54 Å². The molecule has 0 aromatic carbocycles. The highest BCUT2D eigenvalue weighted by atomic mass is 79.9. The Hall–Kier alpha value is -0.390. The fourth-order valence-corrected chi connectivity index (χ4v) is 1.84. The molecule has 1 rings (SSSR count). The molecular formula is C12H23BrN4. The zero-order valence-corrected chi connectivity index (χ0v) is 13.0. The van der Waals surface area contributed by atoms with Crippen LogP contribution in [0.15, 0.2) is 10.7 Å². The van der Waals surface area contributed by atoms with Gasteiger partial charge in [-0.2, -0.15) is 5.10 Å². The van der Waals surface area contributed by atoms with Gasteiger partial charge in [0.15, 0.2) is 0 Å². The molecular weight excluding hydrogens is 280 g/mol. The van der Waals surface area contributed by atoms with E-state index in [1.807, 2.05) is 6.20 Å². The van der Waals surface area contributed by atoms with Gasteiger partial charge in [0.1, 0.15) is 0 Å². The summed E-state index contributed by atoms with van der Waals surface area (Å²) in [5.74, 6) is 0. The second kappa shape index (κ2) is 5.98. The summed E-state index contributed by atoms with van der Waals surface area (Å²) in [6, 6.07) is 0. The fourth-order valence-electron chi connectivity index (χ4n) is 1.40. The van der Waals surface area contributed by atoms with E-state index < -0.39 is 0 Å². The fraction of sp³-hybridized carbons (Fsp3) is 0.750. The Morgan fingerprint density at radius 3 is 2.59 bits per heavy atom. The average Bonchev–Trinajstić information content (AvgIpc) is 2.52. The van der Waals surface area contributed by atoms with Crippen LogP contribution in [0.5, 0.6) is 0 Å². The maximum Gasteiger partial charge on any atom is 0.0664 e. The highest BCUT2D eigenvalue weighted by Crippen LogP contribution is 2.16. The Labute approximate surface area is 113 Å². The van der Waals surface area contributed by atoms with E-state index in [4.69, 9.17) is 0 Å². The molecule has 1 aromatic heterocycles. The highest BCUT2D eigenvalue weighted by Gasteiger charge is 2.13. The number of nitrogens with zero attached hydrogens (tertiary/aromatic N) is 3. The lowest BCUT2D eigenvalue weighted by Gasteiger charge is -2.21. The van der Waals surface area contributed by atoms with E-state index in [0.29, 0.717) is 0 Å². The van der Waals surface area contributed by atoms with Gasteiger partial charge in [-0.1, -0.05) is 0 Å². The van der Waals surface area contributed by atoms with Gasteiger partial charge < -0.3 is 10.2 Å². The maximum atomic E-state index is 4.39. The number of halogens is 1. The van der Waals surface area contributed by atoms with Crippen LogP contribution in [0.3, 0.4) is 0 Å². The first-order valence-corrected chi connectivity index (χ1v) is 6.69. The number of nitrogens with one attached hydrogen (secondary N) is 1. The maximum absolute atomic E-state index is 4.39. The monoisotopic (exact) mass is 302 g/mol. The number of hydrogen-bond donors (Lipinski definition) is 1. The van der Waals surface area contributed by atoms with Gasteiger partial charge in [0.2, 0.25) is 0 Å². The van der Waals surface area contributed by atoms with Crippen molar-refractivity contribution in [3.63, 3.8) is 0 Å². The minimum atomic E-state index is 0.121. The lowest BCUT2D eigenvalue weighted by atomic mass is 10.1. The molecule has 1 N–H and O–H groups in total. The van der Waals surface area contributed by atoms with Crippen molar-refractivity contribution < 1.29 is 0 Å². The summed E-state index contributed by atoms with van der Waals surface area (Å²) in [5, 5.41) is 7.88. The van der Waals surface area contributed by atoms with E-state index in [0.717, 1.165) is 24.1 Å². The van der Waals surface area contributed by atoms with Crippen molar-refractivity contribution in [1.29, 1.82) is 0 Å². The highest BCUT2D eigenvalue weighted by molar-refractivity contribution is 9.10. The first kappa shape index (κ1) is 14.7. The minimum Gasteiger partial charge on any atom is -0.308 e. The van der Waals surface area contributed by atoms with Gasteiger partial charge in [0.05, 0.1) is 22.9 Å².